The smallest absolute Gasteiger partial charge is 0.205 e. The standard InChI is InChI=1S/C16H14N2O4S/c1-8-7-23-16(18-8)11-12(19)9-3-4-10-14(13(9)22-15(11)17)21-6-2-5-20-10/h3-4,7H,2,5-6,17H2,1H3. The minimum absolute atomic E-state index is 0.0399. The molecule has 0 unspecified atom stereocenters. The number of anilines is 1. The Kier molecular flexibility index (Phi) is 3.23. The molecule has 1 aliphatic rings. The van der Waals surface area contributed by atoms with Gasteiger partial charge in [0, 0.05) is 17.5 Å². The van der Waals surface area contributed by atoms with Crippen molar-refractivity contribution in [3.8, 4) is 22.1 Å². The maximum atomic E-state index is 12.9. The van der Waals surface area contributed by atoms with E-state index >= 15 is 0 Å². The summed E-state index contributed by atoms with van der Waals surface area (Å²) in [5, 5.41) is 2.83. The summed E-state index contributed by atoms with van der Waals surface area (Å²) in [5.41, 5.74) is 7.25. The molecule has 23 heavy (non-hydrogen) atoms. The lowest BCUT2D eigenvalue weighted by Gasteiger charge is -2.11. The highest BCUT2D eigenvalue weighted by atomic mass is 32.1. The first-order chi connectivity index (χ1) is 11.1. The highest BCUT2D eigenvalue weighted by Crippen LogP contribution is 2.39. The number of ether oxygens (including phenoxy) is 2. The van der Waals surface area contributed by atoms with Crippen LogP contribution in [0.4, 0.5) is 5.88 Å². The largest absolute Gasteiger partial charge is 0.489 e. The molecule has 1 aliphatic heterocycles. The molecule has 0 saturated heterocycles. The highest BCUT2D eigenvalue weighted by Gasteiger charge is 2.22. The molecule has 0 fully saturated rings. The molecule has 0 atom stereocenters. The monoisotopic (exact) mass is 330 g/mol. The normalized spacial score (nSPS) is 14.0. The summed E-state index contributed by atoms with van der Waals surface area (Å²) >= 11 is 1.36. The highest BCUT2D eigenvalue weighted by molar-refractivity contribution is 7.13. The quantitative estimate of drug-likeness (QED) is 0.738. The number of thiazole rings is 1. The van der Waals surface area contributed by atoms with Crippen LogP contribution in [-0.4, -0.2) is 18.2 Å². The van der Waals surface area contributed by atoms with Gasteiger partial charge in [0.05, 0.1) is 18.6 Å². The van der Waals surface area contributed by atoms with Crippen LogP contribution in [0.5, 0.6) is 11.5 Å². The van der Waals surface area contributed by atoms with E-state index in [2.05, 4.69) is 4.98 Å². The molecule has 0 spiro atoms. The van der Waals surface area contributed by atoms with Gasteiger partial charge >= 0.3 is 0 Å². The van der Waals surface area contributed by atoms with Crippen LogP contribution in [0, 0.1) is 6.92 Å². The van der Waals surface area contributed by atoms with Crippen LogP contribution in [0.1, 0.15) is 12.1 Å². The Labute approximate surface area is 135 Å². The fraction of sp³-hybridized carbons (Fsp3) is 0.250. The average Bonchev–Trinajstić information content (AvgIpc) is 2.81. The van der Waals surface area contributed by atoms with Gasteiger partial charge in [0.15, 0.2) is 11.3 Å². The molecule has 3 aromatic rings. The number of fused-ring (bicyclic) bond motifs is 3. The Morgan fingerprint density at radius 2 is 2.09 bits per heavy atom. The molecule has 0 saturated carbocycles. The van der Waals surface area contributed by atoms with Crippen LogP contribution in [0.25, 0.3) is 21.5 Å². The Morgan fingerprint density at radius 1 is 1.26 bits per heavy atom. The SMILES string of the molecule is Cc1csc(-c2c(N)oc3c4c(ccc3c2=O)OCCCO4)n1. The van der Waals surface area contributed by atoms with Crippen LogP contribution in [0.15, 0.2) is 26.7 Å². The van der Waals surface area contributed by atoms with Gasteiger partial charge in [-0.1, -0.05) is 0 Å². The third-order valence-electron chi connectivity index (χ3n) is 3.63. The van der Waals surface area contributed by atoms with E-state index in [9.17, 15) is 4.79 Å². The second-order valence-corrected chi connectivity index (χ2v) is 6.14. The molecule has 2 aromatic heterocycles. The lowest BCUT2D eigenvalue weighted by atomic mass is 10.1. The molecular weight excluding hydrogens is 316 g/mol. The predicted molar refractivity (Wildman–Crippen MR) is 88.3 cm³/mol. The molecule has 6 nitrogen and oxygen atoms in total. The number of aryl methyl sites for hydroxylation is 1. The first-order valence-electron chi connectivity index (χ1n) is 7.22. The van der Waals surface area contributed by atoms with E-state index in [4.69, 9.17) is 19.6 Å². The van der Waals surface area contributed by atoms with E-state index < -0.39 is 0 Å². The summed E-state index contributed by atoms with van der Waals surface area (Å²) in [4.78, 5) is 17.2. The predicted octanol–water partition coefficient (Wildman–Crippen LogP) is 2.97. The molecule has 4 rings (SSSR count). The fourth-order valence-corrected chi connectivity index (χ4v) is 3.41. The number of nitrogen functional groups attached to an aromatic ring is 1. The molecule has 3 heterocycles. The maximum Gasteiger partial charge on any atom is 0.205 e. The third kappa shape index (κ3) is 2.24. The van der Waals surface area contributed by atoms with Gasteiger partial charge in [0.25, 0.3) is 0 Å². The summed E-state index contributed by atoms with van der Waals surface area (Å²) < 4.78 is 17.0. The summed E-state index contributed by atoms with van der Waals surface area (Å²) in [6, 6.07) is 3.41. The second kappa shape index (κ2) is 5.27. The lowest BCUT2D eigenvalue weighted by molar-refractivity contribution is 0.296. The average molecular weight is 330 g/mol. The first-order valence-corrected chi connectivity index (χ1v) is 8.10. The molecule has 0 bridgehead atoms. The lowest BCUT2D eigenvalue weighted by Crippen LogP contribution is -2.09. The number of hydrogen-bond acceptors (Lipinski definition) is 7. The van der Waals surface area contributed by atoms with E-state index in [1.165, 1.54) is 11.3 Å². The molecule has 0 radical (unpaired) electrons. The van der Waals surface area contributed by atoms with Gasteiger partial charge in [0.1, 0.15) is 10.6 Å². The Bertz CT molecular complexity index is 961. The van der Waals surface area contributed by atoms with Crippen LogP contribution in [0.3, 0.4) is 0 Å². The van der Waals surface area contributed by atoms with Crippen molar-refractivity contribution < 1.29 is 13.9 Å². The minimum atomic E-state index is -0.214. The second-order valence-electron chi connectivity index (χ2n) is 5.28. The Hall–Kier alpha value is -2.54. The van der Waals surface area contributed by atoms with Crippen molar-refractivity contribution in [2.75, 3.05) is 18.9 Å². The van der Waals surface area contributed by atoms with Gasteiger partial charge < -0.3 is 19.6 Å². The zero-order valence-corrected chi connectivity index (χ0v) is 13.2. The Balaban J connectivity index is 2.01. The van der Waals surface area contributed by atoms with Gasteiger partial charge in [-0.2, -0.15) is 0 Å². The number of nitrogens with zero attached hydrogens (tertiary/aromatic N) is 1. The molecular formula is C16H14N2O4S. The van der Waals surface area contributed by atoms with E-state index in [0.29, 0.717) is 46.3 Å². The fourth-order valence-electron chi connectivity index (χ4n) is 2.57. The van der Waals surface area contributed by atoms with Gasteiger partial charge in [-0.25, -0.2) is 4.98 Å². The molecule has 2 N–H and O–H groups in total. The molecule has 7 heteroatoms. The molecule has 0 amide bonds. The molecule has 0 aliphatic carbocycles. The van der Waals surface area contributed by atoms with Crippen molar-refractivity contribution in [2.24, 2.45) is 0 Å². The maximum absolute atomic E-state index is 12.9. The van der Waals surface area contributed by atoms with Crippen molar-refractivity contribution >= 4 is 28.2 Å². The summed E-state index contributed by atoms with van der Waals surface area (Å²) in [6.45, 7) is 2.93. The van der Waals surface area contributed by atoms with Gasteiger partial charge in [-0.05, 0) is 19.1 Å². The number of hydrogen-bond donors (Lipinski definition) is 1. The third-order valence-corrected chi connectivity index (χ3v) is 4.61. The number of rotatable bonds is 1. The van der Waals surface area contributed by atoms with Gasteiger partial charge in [-0.3, -0.25) is 4.79 Å². The van der Waals surface area contributed by atoms with Crippen molar-refractivity contribution in [3.05, 3.63) is 33.4 Å². The van der Waals surface area contributed by atoms with Crippen LogP contribution >= 0.6 is 11.3 Å². The Morgan fingerprint density at radius 3 is 2.87 bits per heavy atom. The van der Waals surface area contributed by atoms with Crippen molar-refractivity contribution in [2.45, 2.75) is 13.3 Å². The number of benzene rings is 1. The van der Waals surface area contributed by atoms with E-state index in [-0.39, 0.29) is 11.3 Å². The van der Waals surface area contributed by atoms with Crippen molar-refractivity contribution in [1.29, 1.82) is 0 Å². The number of aromatic nitrogens is 1. The zero-order valence-electron chi connectivity index (χ0n) is 12.4. The van der Waals surface area contributed by atoms with Crippen LogP contribution < -0.4 is 20.6 Å². The van der Waals surface area contributed by atoms with Crippen molar-refractivity contribution in [3.63, 3.8) is 0 Å². The van der Waals surface area contributed by atoms with E-state index in [0.717, 1.165) is 12.1 Å². The van der Waals surface area contributed by atoms with E-state index in [1.54, 1.807) is 12.1 Å². The minimum Gasteiger partial charge on any atom is -0.489 e. The first kappa shape index (κ1) is 14.1. The molecule has 1 aromatic carbocycles. The van der Waals surface area contributed by atoms with Crippen molar-refractivity contribution in [1.82, 2.24) is 4.98 Å². The summed E-state index contributed by atoms with van der Waals surface area (Å²) in [6.07, 6.45) is 0.770. The topological polar surface area (TPSA) is 87.6 Å². The number of nitrogens with two attached hydrogens (primary N) is 1. The van der Waals surface area contributed by atoms with Crippen LogP contribution in [-0.2, 0) is 0 Å². The summed E-state index contributed by atoms with van der Waals surface area (Å²) in [7, 11) is 0. The summed E-state index contributed by atoms with van der Waals surface area (Å²) in [5.74, 6) is 1.04. The van der Waals surface area contributed by atoms with Gasteiger partial charge in [-0.15, -0.1) is 11.3 Å². The zero-order chi connectivity index (χ0) is 16.0. The van der Waals surface area contributed by atoms with E-state index in [1.807, 2.05) is 12.3 Å². The van der Waals surface area contributed by atoms with Crippen LogP contribution in [0.2, 0.25) is 0 Å². The van der Waals surface area contributed by atoms with Gasteiger partial charge in [0.2, 0.25) is 17.1 Å². The molecule has 118 valence electrons.